The van der Waals surface area contributed by atoms with Crippen molar-refractivity contribution in [2.45, 2.75) is 6.92 Å². The molecule has 0 aliphatic rings. The number of carbonyl (C=O) groups is 1. The highest BCUT2D eigenvalue weighted by molar-refractivity contribution is 9.10. The minimum atomic E-state index is -0.816. The van der Waals surface area contributed by atoms with Crippen molar-refractivity contribution >= 4 is 27.6 Å². The van der Waals surface area contributed by atoms with E-state index in [0.717, 1.165) is 10.2 Å². The third-order valence-electron chi connectivity index (χ3n) is 2.39. The van der Waals surface area contributed by atoms with E-state index in [2.05, 4.69) is 21.9 Å². The highest BCUT2D eigenvalue weighted by Crippen LogP contribution is 2.19. The Hall–Kier alpha value is -1.47. The molecular formula is C13H14BrNO2. The van der Waals surface area contributed by atoms with Gasteiger partial charge in [0.2, 0.25) is 0 Å². The van der Waals surface area contributed by atoms with Crippen molar-refractivity contribution in [3.8, 4) is 12.3 Å². The summed E-state index contributed by atoms with van der Waals surface area (Å²) in [5.41, 5.74) is 0.930. The van der Waals surface area contributed by atoms with Crippen LogP contribution in [0.15, 0.2) is 28.7 Å². The topological polar surface area (TPSA) is 40.5 Å². The average Bonchev–Trinajstić information content (AvgIpc) is 2.29. The molecule has 0 bridgehead atoms. The molecule has 0 saturated carbocycles. The molecule has 4 heteroatoms. The number of benzene rings is 1. The highest BCUT2D eigenvalue weighted by Gasteiger charge is 2.15. The minimum absolute atomic E-state index is 0.402. The summed E-state index contributed by atoms with van der Waals surface area (Å²) in [6.07, 6.45) is 5.30. The Morgan fingerprint density at radius 3 is 2.59 bits per heavy atom. The zero-order chi connectivity index (χ0) is 12.8. The van der Waals surface area contributed by atoms with Gasteiger partial charge in [-0.05, 0) is 24.3 Å². The number of rotatable bonds is 5. The Morgan fingerprint density at radius 1 is 1.53 bits per heavy atom. The standard InChI is InChI=1S/C13H14BrNO2/c1-3-8-15(9-10(2)13(16)17)12-6-4-11(14)5-7-12/h1,4-7,10H,8-9H2,2H3,(H,16,17). The van der Waals surface area contributed by atoms with Gasteiger partial charge in [-0.2, -0.15) is 0 Å². The largest absolute Gasteiger partial charge is 0.481 e. The van der Waals surface area contributed by atoms with Crippen molar-refractivity contribution in [3.05, 3.63) is 28.7 Å². The lowest BCUT2D eigenvalue weighted by Crippen LogP contribution is -2.32. The molecule has 1 atom stereocenters. The van der Waals surface area contributed by atoms with Crippen molar-refractivity contribution in [3.63, 3.8) is 0 Å². The molecule has 0 amide bonds. The number of nitrogens with zero attached hydrogens (tertiary/aromatic N) is 1. The average molecular weight is 296 g/mol. The van der Waals surface area contributed by atoms with Gasteiger partial charge in [0.25, 0.3) is 0 Å². The van der Waals surface area contributed by atoms with Crippen molar-refractivity contribution in [2.24, 2.45) is 5.92 Å². The summed E-state index contributed by atoms with van der Waals surface area (Å²) in [5, 5.41) is 8.90. The van der Waals surface area contributed by atoms with Gasteiger partial charge < -0.3 is 10.0 Å². The number of hydrogen-bond acceptors (Lipinski definition) is 2. The summed E-state index contributed by atoms with van der Waals surface area (Å²) in [5.74, 6) is 1.28. The first-order valence-electron chi connectivity index (χ1n) is 5.21. The number of anilines is 1. The van der Waals surface area contributed by atoms with Crippen LogP contribution in [0.25, 0.3) is 0 Å². The lowest BCUT2D eigenvalue weighted by molar-refractivity contribution is -0.140. The summed E-state index contributed by atoms with van der Waals surface area (Å²) >= 11 is 3.35. The molecule has 1 N–H and O–H groups in total. The van der Waals surface area contributed by atoms with Crippen molar-refractivity contribution < 1.29 is 9.90 Å². The summed E-state index contributed by atoms with van der Waals surface area (Å²) in [7, 11) is 0. The van der Waals surface area contributed by atoms with E-state index in [1.807, 2.05) is 29.2 Å². The first-order valence-corrected chi connectivity index (χ1v) is 6.00. The van der Waals surface area contributed by atoms with Crippen LogP contribution < -0.4 is 4.90 Å². The van der Waals surface area contributed by atoms with E-state index in [9.17, 15) is 4.79 Å². The fraction of sp³-hybridized carbons (Fsp3) is 0.308. The predicted octanol–water partition coefficient (Wildman–Crippen LogP) is 2.61. The fourth-order valence-corrected chi connectivity index (χ4v) is 1.70. The van der Waals surface area contributed by atoms with Crippen molar-refractivity contribution in [2.75, 3.05) is 18.0 Å². The molecule has 1 aromatic rings. The van der Waals surface area contributed by atoms with Gasteiger partial charge in [0.15, 0.2) is 0 Å². The van der Waals surface area contributed by atoms with Crippen molar-refractivity contribution in [1.82, 2.24) is 0 Å². The normalized spacial score (nSPS) is 11.6. The number of carboxylic acid groups (broad SMARTS) is 1. The molecule has 17 heavy (non-hydrogen) atoms. The van der Waals surface area contributed by atoms with E-state index >= 15 is 0 Å². The predicted molar refractivity (Wildman–Crippen MR) is 72.0 cm³/mol. The third-order valence-corrected chi connectivity index (χ3v) is 2.92. The van der Waals surface area contributed by atoms with Crippen LogP contribution in [0, 0.1) is 18.3 Å². The van der Waals surface area contributed by atoms with Crippen LogP contribution in [-0.2, 0) is 4.79 Å². The Balaban J connectivity index is 2.82. The van der Waals surface area contributed by atoms with Crippen LogP contribution in [0.2, 0.25) is 0 Å². The minimum Gasteiger partial charge on any atom is -0.481 e. The van der Waals surface area contributed by atoms with Crippen LogP contribution in [0.1, 0.15) is 6.92 Å². The molecule has 3 nitrogen and oxygen atoms in total. The molecule has 90 valence electrons. The smallest absolute Gasteiger partial charge is 0.308 e. The molecule has 0 aliphatic carbocycles. The van der Waals surface area contributed by atoms with Crippen LogP contribution in [0.5, 0.6) is 0 Å². The Labute approximate surface area is 110 Å². The monoisotopic (exact) mass is 295 g/mol. The van der Waals surface area contributed by atoms with Gasteiger partial charge >= 0.3 is 5.97 Å². The van der Waals surface area contributed by atoms with Gasteiger partial charge in [-0.3, -0.25) is 4.79 Å². The van der Waals surface area contributed by atoms with Gasteiger partial charge in [-0.25, -0.2) is 0 Å². The van der Waals surface area contributed by atoms with E-state index in [1.165, 1.54) is 0 Å². The fourth-order valence-electron chi connectivity index (χ4n) is 1.43. The SMILES string of the molecule is C#CCN(CC(C)C(=O)O)c1ccc(Br)cc1. The Kier molecular flexibility index (Phi) is 5.05. The molecule has 1 unspecified atom stereocenters. The molecule has 0 saturated heterocycles. The van der Waals surface area contributed by atoms with Crippen LogP contribution in [-0.4, -0.2) is 24.2 Å². The first kappa shape index (κ1) is 13.6. The summed E-state index contributed by atoms with van der Waals surface area (Å²) < 4.78 is 0.980. The maximum atomic E-state index is 10.8. The van der Waals surface area contributed by atoms with E-state index < -0.39 is 11.9 Å². The Bertz CT molecular complexity index is 422. The van der Waals surface area contributed by atoms with Gasteiger partial charge in [-0.15, -0.1) is 6.42 Å². The maximum absolute atomic E-state index is 10.8. The lowest BCUT2D eigenvalue weighted by Gasteiger charge is -2.24. The number of terminal acetylenes is 1. The third kappa shape index (κ3) is 4.12. The number of carboxylic acids is 1. The molecule has 0 fully saturated rings. The number of halogens is 1. The van der Waals surface area contributed by atoms with Crippen LogP contribution in [0.4, 0.5) is 5.69 Å². The Morgan fingerprint density at radius 2 is 2.12 bits per heavy atom. The molecule has 0 spiro atoms. The van der Waals surface area contributed by atoms with E-state index in [4.69, 9.17) is 11.5 Å². The second kappa shape index (κ2) is 6.31. The summed E-state index contributed by atoms with van der Waals surface area (Å²) in [6, 6.07) is 7.64. The zero-order valence-corrected chi connectivity index (χ0v) is 11.1. The summed E-state index contributed by atoms with van der Waals surface area (Å²) in [6.45, 7) is 2.48. The maximum Gasteiger partial charge on any atom is 0.308 e. The van der Waals surface area contributed by atoms with E-state index in [1.54, 1.807) is 6.92 Å². The second-order valence-corrected chi connectivity index (χ2v) is 4.72. The van der Waals surface area contributed by atoms with Gasteiger partial charge in [-0.1, -0.05) is 28.8 Å². The lowest BCUT2D eigenvalue weighted by atomic mass is 10.1. The van der Waals surface area contributed by atoms with Gasteiger partial charge in [0, 0.05) is 16.7 Å². The molecule has 0 aliphatic heterocycles. The van der Waals surface area contributed by atoms with Crippen LogP contribution in [0.3, 0.4) is 0 Å². The molecule has 1 aromatic carbocycles. The van der Waals surface area contributed by atoms with Gasteiger partial charge in [0.1, 0.15) is 0 Å². The van der Waals surface area contributed by atoms with E-state index in [0.29, 0.717) is 13.1 Å². The molecular weight excluding hydrogens is 282 g/mol. The van der Waals surface area contributed by atoms with Crippen LogP contribution >= 0.6 is 15.9 Å². The molecule has 1 rings (SSSR count). The zero-order valence-electron chi connectivity index (χ0n) is 9.56. The quantitative estimate of drug-likeness (QED) is 0.849. The highest BCUT2D eigenvalue weighted by atomic mass is 79.9. The number of hydrogen-bond donors (Lipinski definition) is 1. The summed E-state index contributed by atoms with van der Waals surface area (Å²) in [4.78, 5) is 12.7. The first-order chi connectivity index (χ1) is 8.04. The molecule has 0 aromatic heterocycles. The van der Waals surface area contributed by atoms with Crippen molar-refractivity contribution in [1.29, 1.82) is 0 Å². The van der Waals surface area contributed by atoms with E-state index in [-0.39, 0.29) is 0 Å². The van der Waals surface area contributed by atoms with Gasteiger partial charge in [0.05, 0.1) is 12.5 Å². The molecule has 0 radical (unpaired) electrons. The molecule has 0 heterocycles. The number of aliphatic carboxylic acids is 1. The second-order valence-electron chi connectivity index (χ2n) is 3.80.